The highest BCUT2D eigenvalue weighted by atomic mass is 79.9. The van der Waals surface area contributed by atoms with Crippen LogP contribution in [0.15, 0.2) is 28.7 Å². The number of ether oxygens (including phenoxy) is 4. The fourth-order valence-corrected chi connectivity index (χ4v) is 2.88. The topological polar surface area (TPSA) is 57.2 Å². The maximum atomic E-state index is 10.2. The molecule has 23 heavy (non-hydrogen) atoms. The number of hydrogen-bond donors (Lipinski definition) is 1. The molecule has 0 heterocycles. The molecule has 0 aliphatic rings. The molecule has 1 N–H and O–H groups in total. The van der Waals surface area contributed by atoms with Crippen molar-refractivity contribution in [1.29, 1.82) is 0 Å². The van der Waals surface area contributed by atoms with Gasteiger partial charge in [-0.1, -0.05) is 0 Å². The number of methoxy groups -OCH3 is 4. The SMILES string of the molecule is COc1cc(OC)c(Cc2cc(Br)c(OC)cc2O)c(OC)c1. The highest BCUT2D eigenvalue weighted by Crippen LogP contribution is 2.39. The molecule has 2 aromatic rings. The van der Waals surface area contributed by atoms with Crippen LogP contribution in [0.5, 0.6) is 28.7 Å². The average molecular weight is 383 g/mol. The van der Waals surface area contributed by atoms with Crippen LogP contribution in [0.2, 0.25) is 0 Å². The van der Waals surface area contributed by atoms with Gasteiger partial charge in [-0.3, -0.25) is 0 Å². The van der Waals surface area contributed by atoms with E-state index < -0.39 is 0 Å². The molecule has 0 aromatic heterocycles. The van der Waals surface area contributed by atoms with Gasteiger partial charge in [-0.25, -0.2) is 0 Å². The Morgan fingerprint density at radius 3 is 1.87 bits per heavy atom. The highest BCUT2D eigenvalue weighted by molar-refractivity contribution is 9.10. The second kappa shape index (κ2) is 7.46. The van der Waals surface area contributed by atoms with Gasteiger partial charge in [0.15, 0.2) is 0 Å². The third kappa shape index (κ3) is 3.64. The number of halogens is 1. The summed E-state index contributed by atoms with van der Waals surface area (Å²) in [5.74, 6) is 2.62. The molecule has 124 valence electrons. The summed E-state index contributed by atoms with van der Waals surface area (Å²) >= 11 is 3.43. The first-order valence-electron chi connectivity index (χ1n) is 6.88. The van der Waals surface area contributed by atoms with E-state index in [1.165, 1.54) is 0 Å². The second-order valence-corrected chi connectivity index (χ2v) is 5.66. The molecular weight excluding hydrogens is 364 g/mol. The Balaban J connectivity index is 2.49. The summed E-state index contributed by atoms with van der Waals surface area (Å²) in [6.07, 6.45) is 0.435. The minimum atomic E-state index is 0.143. The lowest BCUT2D eigenvalue weighted by atomic mass is 10.0. The first-order valence-corrected chi connectivity index (χ1v) is 7.67. The molecule has 0 bridgehead atoms. The lowest BCUT2D eigenvalue weighted by molar-refractivity contribution is 0.369. The summed E-state index contributed by atoms with van der Waals surface area (Å²) in [6.45, 7) is 0. The van der Waals surface area contributed by atoms with Gasteiger partial charge in [-0.2, -0.15) is 0 Å². The molecule has 0 unspecified atom stereocenters. The number of benzene rings is 2. The van der Waals surface area contributed by atoms with Crippen LogP contribution in [-0.2, 0) is 6.42 Å². The Bertz CT molecular complexity index is 675. The maximum Gasteiger partial charge on any atom is 0.136 e. The molecular formula is C17H19BrO5. The van der Waals surface area contributed by atoms with Crippen LogP contribution < -0.4 is 18.9 Å². The number of phenols is 1. The molecule has 0 aliphatic carbocycles. The summed E-state index contributed by atoms with van der Waals surface area (Å²) in [5, 5.41) is 10.2. The Hall–Kier alpha value is -2.08. The average Bonchev–Trinajstić information content (AvgIpc) is 2.57. The van der Waals surface area contributed by atoms with Crippen molar-refractivity contribution in [3.63, 3.8) is 0 Å². The van der Waals surface area contributed by atoms with Gasteiger partial charge < -0.3 is 24.1 Å². The van der Waals surface area contributed by atoms with Gasteiger partial charge in [0.05, 0.1) is 32.9 Å². The van der Waals surface area contributed by atoms with Crippen LogP contribution in [0.1, 0.15) is 11.1 Å². The highest BCUT2D eigenvalue weighted by Gasteiger charge is 2.17. The van der Waals surface area contributed by atoms with E-state index in [-0.39, 0.29) is 5.75 Å². The van der Waals surface area contributed by atoms with Crippen molar-refractivity contribution in [2.75, 3.05) is 28.4 Å². The van der Waals surface area contributed by atoms with Crippen molar-refractivity contribution in [3.8, 4) is 28.7 Å². The van der Waals surface area contributed by atoms with E-state index >= 15 is 0 Å². The van der Waals surface area contributed by atoms with E-state index in [0.717, 1.165) is 15.6 Å². The van der Waals surface area contributed by atoms with Gasteiger partial charge in [0.1, 0.15) is 28.7 Å². The van der Waals surface area contributed by atoms with Crippen LogP contribution in [0.4, 0.5) is 0 Å². The molecule has 2 rings (SSSR count). The summed E-state index contributed by atoms with van der Waals surface area (Å²) < 4.78 is 22.1. The van der Waals surface area contributed by atoms with Crippen molar-refractivity contribution in [1.82, 2.24) is 0 Å². The molecule has 0 radical (unpaired) electrons. The van der Waals surface area contributed by atoms with Crippen molar-refractivity contribution in [2.45, 2.75) is 6.42 Å². The Labute approximate surface area is 143 Å². The van der Waals surface area contributed by atoms with Gasteiger partial charge in [-0.05, 0) is 27.6 Å². The second-order valence-electron chi connectivity index (χ2n) is 4.80. The molecule has 0 amide bonds. The van der Waals surface area contributed by atoms with Crippen LogP contribution >= 0.6 is 15.9 Å². The molecule has 2 aromatic carbocycles. The molecule has 5 nitrogen and oxygen atoms in total. The minimum absolute atomic E-state index is 0.143. The van der Waals surface area contributed by atoms with Crippen LogP contribution in [-0.4, -0.2) is 33.5 Å². The molecule has 0 saturated carbocycles. The van der Waals surface area contributed by atoms with E-state index in [9.17, 15) is 5.11 Å². The van der Waals surface area contributed by atoms with Crippen molar-refractivity contribution in [3.05, 3.63) is 39.9 Å². The summed E-state index contributed by atoms with van der Waals surface area (Å²) in [6, 6.07) is 6.96. The number of aromatic hydroxyl groups is 1. The molecule has 0 spiro atoms. The van der Waals surface area contributed by atoms with Crippen LogP contribution in [0, 0.1) is 0 Å². The smallest absolute Gasteiger partial charge is 0.136 e. The molecule has 6 heteroatoms. The zero-order valence-corrected chi connectivity index (χ0v) is 15.1. The third-order valence-corrected chi connectivity index (χ3v) is 4.16. The number of hydrogen-bond acceptors (Lipinski definition) is 5. The molecule has 0 atom stereocenters. The fourth-order valence-electron chi connectivity index (χ4n) is 2.32. The molecule has 0 aliphatic heterocycles. The number of rotatable bonds is 6. The van der Waals surface area contributed by atoms with Gasteiger partial charge in [0.2, 0.25) is 0 Å². The standard InChI is InChI=1S/C17H19BrO5/c1-20-11-7-15(21-2)12(16(8-11)22-3)5-10-6-13(18)17(23-4)9-14(10)19/h6-9,19H,5H2,1-4H3. The first-order chi connectivity index (χ1) is 11.0. The van der Waals surface area contributed by atoms with Gasteiger partial charge in [0, 0.05) is 30.2 Å². The predicted molar refractivity (Wildman–Crippen MR) is 91.3 cm³/mol. The van der Waals surface area contributed by atoms with Crippen LogP contribution in [0.3, 0.4) is 0 Å². The maximum absolute atomic E-state index is 10.2. The Morgan fingerprint density at radius 2 is 1.39 bits per heavy atom. The summed E-state index contributed by atoms with van der Waals surface area (Å²) in [7, 11) is 6.30. The largest absolute Gasteiger partial charge is 0.508 e. The lowest BCUT2D eigenvalue weighted by Crippen LogP contribution is -2.00. The normalized spacial score (nSPS) is 10.3. The summed E-state index contributed by atoms with van der Waals surface area (Å²) in [5.41, 5.74) is 1.54. The van der Waals surface area contributed by atoms with Crippen LogP contribution in [0.25, 0.3) is 0 Å². The van der Waals surface area contributed by atoms with Gasteiger partial charge >= 0.3 is 0 Å². The molecule has 0 fully saturated rings. The van der Waals surface area contributed by atoms with E-state index in [2.05, 4.69) is 15.9 Å². The minimum Gasteiger partial charge on any atom is -0.508 e. The van der Waals surface area contributed by atoms with E-state index in [1.807, 2.05) is 6.07 Å². The van der Waals surface area contributed by atoms with E-state index in [1.54, 1.807) is 46.6 Å². The van der Waals surface area contributed by atoms with Gasteiger partial charge in [0.25, 0.3) is 0 Å². The Kier molecular flexibility index (Phi) is 5.60. The quantitative estimate of drug-likeness (QED) is 0.823. The zero-order chi connectivity index (χ0) is 17.0. The van der Waals surface area contributed by atoms with Crippen molar-refractivity contribution in [2.24, 2.45) is 0 Å². The van der Waals surface area contributed by atoms with Crippen molar-refractivity contribution < 1.29 is 24.1 Å². The van der Waals surface area contributed by atoms with Gasteiger partial charge in [-0.15, -0.1) is 0 Å². The Morgan fingerprint density at radius 1 is 0.826 bits per heavy atom. The van der Waals surface area contributed by atoms with E-state index in [0.29, 0.717) is 29.4 Å². The summed E-state index contributed by atoms with van der Waals surface area (Å²) in [4.78, 5) is 0. The predicted octanol–water partition coefficient (Wildman–Crippen LogP) is 3.78. The number of phenolic OH excluding ortho intramolecular Hbond substituents is 1. The zero-order valence-electron chi connectivity index (χ0n) is 13.5. The molecule has 0 saturated heterocycles. The van der Waals surface area contributed by atoms with Crippen molar-refractivity contribution >= 4 is 15.9 Å². The monoisotopic (exact) mass is 382 g/mol. The fraction of sp³-hybridized carbons (Fsp3) is 0.294. The lowest BCUT2D eigenvalue weighted by Gasteiger charge is -2.16. The first kappa shape index (κ1) is 17.3. The van der Waals surface area contributed by atoms with E-state index in [4.69, 9.17) is 18.9 Å². The third-order valence-electron chi connectivity index (χ3n) is 3.54.